The molecule has 2 aromatic rings. The molecule has 2 rings (SSSR count). The van der Waals surface area contributed by atoms with Crippen molar-refractivity contribution in [3.8, 4) is 0 Å². The van der Waals surface area contributed by atoms with Crippen LogP contribution in [-0.4, -0.2) is 18.4 Å². The molecule has 0 fully saturated rings. The maximum Gasteiger partial charge on any atom is 0.418 e. The van der Waals surface area contributed by atoms with Crippen LogP contribution >= 0.6 is 0 Å². The fourth-order valence-corrected chi connectivity index (χ4v) is 2.18. The number of Topliss-reactive ketones (excluding diaryl/α,β-unsaturated/α-hetero) is 1. The third-order valence-corrected chi connectivity index (χ3v) is 3.38. The van der Waals surface area contributed by atoms with E-state index in [-0.39, 0.29) is 17.9 Å². The number of hydrogen-bond donors (Lipinski definition) is 1. The molecule has 2 aromatic carbocycles. The van der Waals surface area contributed by atoms with Crippen LogP contribution in [0.5, 0.6) is 0 Å². The van der Waals surface area contributed by atoms with E-state index in [1.807, 2.05) is 0 Å². The molecule has 0 unspecified atom stereocenters. The molecule has 0 saturated heterocycles. The second kappa shape index (κ2) is 8.33. The second-order valence-corrected chi connectivity index (χ2v) is 5.16. The molecule has 0 aliphatic carbocycles. The van der Waals surface area contributed by atoms with Crippen molar-refractivity contribution in [3.63, 3.8) is 0 Å². The molecule has 0 heterocycles. The molecule has 7 heteroatoms. The van der Waals surface area contributed by atoms with Crippen LogP contribution in [-0.2, 0) is 15.7 Å². The van der Waals surface area contributed by atoms with Gasteiger partial charge in [-0.1, -0.05) is 42.5 Å². The van der Waals surface area contributed by atoms with Crippen LogP contribution in [0.1, 0.15) is 22.8 Å². The molecule has 0 aromatic heterocycles. The van der Waals surface area contributed by atoms with Gasteiger partial charge in [-0.2, -0.15) is 13.2 Å². The number of anilines is 1. The Morgan fingerprint density at radius 3 is 2.27 bits per heavy atom. The lowest BCUT2D eigenvalue weighted by molar-refractivity contribution is -0.138. The van der Waals surface area contributed by atoms with Crippen LogP contribution in [0.15, 0.2) is 66.4 Å². The summed E-state index contributed by atoms with van der Waals surface area (Å²) in [5.74, 6) is -1.57. The topological polar surface area (TPSA) is 55.4 Å². The monoisotopic (exact) mass is 363 g/mol. The van der Waals surface area contributed by atoms with E-state index in [1.54, 1.807) is 25.1 Å². The quantitative estimate of drug-likeness (QED) is 0.271. The Morgan fingerprint density at radius 2 is 1.65 bits per heavy atom. The van der Waals surface area contributed by atoms with Gasteiger partial charge in [-0.05, 0) is 19.1 Å². The van der Waals surface area contributed by atoms with Gasteiger partial charge >= 0.3 is 12.1 Å². The predicted molar refractivity (Wildman–Crippen MR) is 90.6 cm³/mol. The minimum Gasteiger partial charge on any atom is -0.462 e. The summed E-state index contributed by atoms with van der Waals surface area (Å²) < 4.78 is 44.0. The number of para-hydroxylation sites is 1. The Kier molecular flexibility index (Phi) is 6.16. The van der Waals surface area contributed by atoms with E-state index in [9.17, 15) is 22.8 Å². The predicted octanol–water partition coefficient (Wildman–Crippen LogP) is 4.45. The number of halogens is 3. The number of ether oxygens (including phenoxy) is 1. The molecule has 0 bridgehead atoms. The zero-order valence-electron chi connectivity index (χ0n) is 13.8. The lowest BCUT2D eigenvalue weighted by Crippen LogP contribution is -2.18. The van der Waals surface area contributed by atoms with Crippen molar-refractivity contribution in [1.29, 1.82) is 0 Å². The van der Waals surface area contributed by atoms with E-state index >= 15 is 0 Å². The summed E-state index contributed by atoms with van der Waals surface area (Å²) in [6.45, 7) is 1.59. The lowest BCUT2D eigenvalue weighted by atomic mass is 10.0. The molecule has 0 saturated carbocycles. The minimum absolute atomic E-state index is 0.0252. The fraction of sp³-hybridized carbons (Fsp3) is 0.158. The Labute approximate surface area is 148 Å². The van der Waals surface area contributed by atoms with Gasteiger partial charge in [-0.25, -0.2) is 4.79 Å². The van der Waals surface area contributed by atoms with Crippen LogP contribution in [0.4, 0.5) is 18.9 Å². The van der Waals surface area contributed by atoms with Crippen molar-refractivity contribution in [3.05, 3.63) is 77.5 Å². The highest BCUT2D eigenvalue weighted by molar-refractivity contribution is 6.24. The number of benzene rings is 2. The molecule has 0 radical (unpaired) electrons. The number of ketones is 1. The van der Waals surface area contributed by atoms with E-state index in [1.165, 1.54) is 30.3 Å². The van der Waals surface area contributed by atoms with Crippen molar-refractivity contribution in [2.45, 2.75) is 13.1 Å². The van der Waals surface area contributed by atoms with Gasteiger partial charge in [0, 0.05) is 11.8 Å². The number of nitrogens with one attached hydrogen (secondary N) is 1. The largest absolute Gasteiger partial charge is 0.462 e. The van der Waals surface area contributed by atoms with Crippen molar-refractivity contribution in [2.24, 2.45) is 0 Å². The summed E-state index contributed by atoms with van der Waals surface area (Å²) in [6, 6.07) is 12.7. The SMILES string of the molecule is CCOC(=O)/C(=C\Nc1ccccc1C(F)(F)F)C(=O)c1ccccc1. The second-order valence-electron chi connectivity index (χ2n) is 5.16. The smallest absolute Gasteiger partial charge is 0.418 e. The van der Waals surface area contributed by atoms with Gasteiger partial charge in [-0.3, -0.25) is 4.79 Å². The third-order valence-electron chi connectivity index (χ3n) is 3.38. The van der Waals surface area contributed by atoms with Gasteiger partial charge in [0.1, 0.15) is 5.57 Å². The van der Waals surface area contributed by atoms with Gasteiger partial charge in [-0.15, -0.1) is 0 Å². The van der Waals surface area contributed by atoms with E-state index in [0.717, 1.165) is 12.3 Å². The highest BCUT2D eigenvalue weighted by Crippen LogP contribution is 2.34. The third kappa shape index (κ3) is 4.72. The Balaban J connectivity index is 2.38. The highest BCUT2D eigenvalue weighted by atomic mass is 19.4. The Morgan fingerprint density at radius 1 is 1.04 bits per heavy atom. The average molecular weight is 363 g/mol. The average Bonchev–Trinajstić information content (AvgIpc) is 2.62. The first-order valence-corrected chi connectivity index (χ1v) is 7.74. The van der Waals surface area contributed by atoms with Crippen molar-refractivity contribution in [2.75, 3.05) is 11.9 Å². The normalized spacial score (nSPS) is 11.8. The van der Waals surface area contributed by atoms with Crippen LogP contribution in [0.2, 0.25) is 0 Å². The van der Waals surface area contributed by atoms with Gasteiger partial charge in [0.15, 0.2) is 0 Å². The van der Waals surface area contributed by atoms with Gasteiger partial charge in [0.25, 0.3) is 0 Å². The van der Waals surface area contributed by atoms with Crippen LogP contribution < -0.4 is 5.32 Å². The molecule has 4 nitrogen and oxygen atoms in total. The summed E-state index contributed by atoms with van der Waals surface area (Å²) in [5, 5.41) is 2.41. The van der Waals surface area contributed by atoms with Crippen molar-refractivity contribution >= 4 is 17.4 Å². The number of hydrogen-bond acceptors (Lipinski definition) is 4. The van der Waals surface area contributed by atoms with Crippen molar-refractivity contribution in [1.82, 2.24) is 0 Å². The standard InChI is InChI=1S/C19H16F3NO3/c1-2-26-18(25)14(17(24)13-8-4-3-5-9-13)12-23-16-11-7-6-10-15(16)19(20,21)22/h3-12,23H,2H2,1H3/b14-12-. The first-order chi connectivity index (χ1) is 12.3. The summed E-state index contributed by atoms with van der Waals surface area (Å²) in [6.07, 6.45) is -3.64. The number of alkyl halides is 3. The highest BCUT2D eigenvalue weighted by Gasteiger charge is 2.33. The molecule has 26 heavy (non-hydrogen) atoms. The summed E-state index contributed by atoms with van der Waals surface area (Å²) in [4.78, 5) is 24.6. The number of carbonyl (C=O) groups is 2. The molecule has 0 aliphatic rings. The van der Waals surface area contributed by atoms with E-state index in [2.05, 4.69) is 5.32 Å². The summed E-state index contributed by atoms with van der Waals surface area (Å²) in [5.41, 5.74) is -1.36. The summed E-state index contributed by atoms with van der Waals surface area (Å²) in [7, 11) is 0. The van der Waals surface area contributed by atoms with Crippen LogP contribution in [0.25, 0.3) is 0 Å². The Bertz CT molecular complexity index is 814. The maximum atomic E-state index is 13.1. The van der Waals surface area contributed by atoms with E-state index in [4.69, 9.17) is 4.74 Å². The van der Waals surface area contributed by atoms with Crippen LogP contribution in [0.3, 0.4) is 0 Å². The lowest BCUT2D eigenvalue weighted by Gasteiger charge is -2.13. The molecular weight excluding hydrogens is 347 g/mol. The molecule has 0 amide bonds. The minimum atomic E-state index is -4.58. The molecule has 1 N–H and O–H groups in total. The number of rotatable bonds is 6. The van der Waals surface area contributed by atoms with Gasteiger partial charge < -0.3 is 10.1 Å². The summed E-state index contributed by atoms with van der Waals surface area (Å²) >= 11 is 0. The molecule has 0 spiro atoms. The first-order valence-electron chi connectivity index (χ1n) is 7.74. The molecular formula is C19H16F3NO3. The maximum absolute atomic E-state index is 13.1. The molecule has 136 valence electrons. The van der Waals surface area contributed by atoms with Gasteiger partial charge in [0.2, 0.25) is 5.78 Å². The Hall–Kier alpha value is -3.09. The van der Waals surface area contributed by atoms with Gasteiger partial charge in [0.05, 0.1) is 17.9 Å². The molecule has 0 aliphatic heterocycles. The number of esters is 1. The van der Waals surface area contributed by atoms with E-state index in [0.29, 0.717) is 0 Å². The zero-order valence-corrected chi connectivity index (χ0v) is 13.8. The fourth-order valence-electron chi connectivity index (χ4n) is 2.18. The van der Waals surface area contributed by atoms with E-state index < -0.39 is 29.1 Å². The zero-order chi connectivity index (χ0) is 19.2. The number of carbonyl (C=O) groups excluding carboxylic acids is 2. The van der Waals surface area contributed by atoms with Crippen LogP contribution in [0, 0.1) is 0 Å². The first kappa shape index (κ1) is 19.2. The molecule has 0 atom stereocenters. The van der Waals surface area contributed by atoms with Crippen molar-refractivity contribution < 1.29 is 27.5 Å².